The highest BCUT2D eigenvalue weighted by atomic mass is 35.5. The minimum Gasteiger partial charge on any atom is -0.486 e. The summed E-state index contributed by atoms with van der Waals surface area (Å²) in [4.78, 5) is 17.8. The molecule has 3 aromatic heterocycles. The zero-order chi connectivity index (χ0) is 27.7. The third-order valence-corrected chi connectivity index (χ3v) is 6.37. The second-order valence-electron chi connectivity index (χ2n) is 9.35. The third kappa shape index (κ3) is 5.52. The van der Waals surface area contributed by atoms with Crippen molar-refractivity contribution in [3.8, 4) is 23.1 Å². The second kappa shape index (κ2) is 10.7. The summed E-state index contributed by atoms with van der Waals surface area (Å²) >= 11 is 6.47. The van der Waals surface area contributed by atoms with Crippen LogP contribution in [-0.4, -0.2) is 24.5 Å². The molecule has 5 rings (SSSR count). The number of rotatable bonds is 7. The summed E-state index contributed by atoms with van der Waals surface area (Å²) in [6, 6.07) is 17.7. The molecule has 0 aliphatic heterocycles. The average molecular weight is 542 g/mol. The number of imidazole rings is 1. The predicted octanol–water partition coefficient (Wildman–Crippen LogP) is 7.07. The Labute approximate surface area is 230 Å². The van der Waals surface area contributed by atoms with E-state index in [1.165, 1.54) is 6.07 Å². The molecule has 39 heavy (non-hydrogen) atoms. The van der Waals surface area contributed by atoms with E-state index >= 15 is 4.39 Å². The Kier molecular flexibility index (Phi) is 7.13. The summed E-state index contributed by atoms with van der Waals surface area (Å²) in [5, 5.41) is 12.6. The molecule has 0 aliphatic carbocycles. The molecule has 0 spiro atoms. The van der Waals surface area contributed by atoms with E-state index in [4.69, 9.17) is 21.6 Å². The van der Waals surface area contributed by atoms with Crippen LogP contribution in [0.3, 0.4) is 0 Å². The second-order valence-corrected chi connectivity index (χ2v) is 9.76. The van der Waals surface area contributed by atoms with E-state index in [0.717, 1.165) is 17.0 Å². The lowest BCUT2D eigenvalue weighted by atomic mass is 10.1. The number of nitriles is 1. The highest BCUT2D eigenvalue weighted by molar-refractivity contribution is 6.32. The quantitative estimate of drug-likeness (QED) is 0.235. The average Bonchev–Trinajstić information content (AvgIpc) is 3.24. The predicted molar refractivity (Wildman–Crippen MR) is 149 cm³/mol. The van der Waals surface area contributed by atoms with E-state index in [1.807, 2.05) is 50.5 Å². The molecular formula is C29H25ClFN7O. The van der Waals surface area contributed by atoms with Gasteiger partial charge in [-0.1, -0.05) is 17.7 Å². The lowest BCUT2D eigenvalue weighted by molar-refractivity contribution is 0.301. The SMILES string of the molecule is Cc1cc(-c2cc(F)c3nc(C)n(C(C)C)c3c2)nc(Nc2ccc(OCc3cccc(C#N)n3)c(Cl)c2)n1. The van der Waals surface area contributed by atoms with Gasteiger partial charge in [-0.05, 0) is 76.2 Å². The number of halogens is 2. The van der Waals surface area contributed by atoms with E-state index in [2.05, 4.69) is 25.3 Å². The molecule has 2 aromatic carbocycles. The summed E-state index contributed by atoms with van der Waals surface area (Å²) in [5.41, 5.74) is 4.60. The number of hydrogen-bond donors (Lipinski definition) is 1. The van der Waals surface area contributed by atoms with Crippen molar-refractivity contribution in [2.75, 3.05) is 5.32 Å². The number of aryl methyl sites for hydroxylation is 2. The van der Waals surface area contributed by atoms with Crippen LogP contribution < -0.4 is 10.1 Å². The lowest BCUT2D eigenvalue weighted by Crippen LogP contribution is -2.03. The molecule has 0 bridgehead atoms. The first kappa shape index (κ1) is 26.1. The van der Waals surface area contributed by atoms with Crippen LogP contribution in [0.5, 0.6) is 5.75 Å². The Hall–Kier alpha value is -4.55. The monoisotopic (exact) mass is 541 g/mol. The molecule has 0 saturated carbocycles. The normalized spacial score (nSPS) is 11.1. The first-order valence-electron chi connectivity index (χ1n) is 12.3. The smallest absolute Gasteiger partial charge is 0.227 e. The number of aromatic nitrogens is 5. The Morgan fingerprint density at radius 3 is 2.62 bits per heavy atom. The molecule has 10 heteroatoms. The van der Waals surface area contributed by atoms with Gasteiger partial charge in [0.25, 0.3) is 0 Å². The number of hydrogen-bond acceptors (Lipinski definition) is 7. The Bertz CT molecular complexity index is 1740. The first-order chi connectivity index (χ1) is 18.7. The highest BCUT2D eigenvalue weighted by Crippen LogP contribution is 2.31. The molecule has 1 N–H and O–H groups in total. The largest absolute Gasteiger partial charge is 0.486 e. The van der Waals surface area contributed by atoms with E-state index in [9.17, 15) is 0 Å². The van der Waals surface area contributed by atoms with Crippen LogP contribution in [0.1, 0.15) is 42.8 Å². The van der Waals surface area contributed by atoms with Crippen LogP contribution in [-0.2, 0) is 6.61 Å². The van der Waals surface area contributed by atoms with E-state index < -0.39 is 5.82 Å². The number of ether oxygens (including phenoxy) is 1. The van der Waals surface area contributed by atoms with Crippen LogP contribution in [0.15, 0.2) is 54.6 Å². The number of anilines is 2. The number of nitrogens with one attached hydrogen (secondary N) is 1. The van der Waals surface area contributed by atoms with Crippen molar-refractivity contribution in [2.45, 2.75) is 40.3 Å². The zero-order valence-electron chi connectivity index (χ0n) is 21.8. The van der Waals surface area contributed by atoms with E-state index in [-0.39, 0.29) is 12.6 Å². The van der Waals surface area contributed by atoms with Gasteiger partial charge in [-0.15, -0.1) is 0 Å². The maximum atomic E-state index is 15.0. The van der Waals surface area contributed by atoms with Gasteiger partial charge in [0.2, 0.25) is 5.95 Å². The molecule has 5 aromatic rings. The molecule has 0 fully saturated rings. The molecule has 8 nitrogen and oxygen atoms in total. The number of pyridine rings is 1. The summed E-state index contributed by atoms with van der Waals surface area (Å²) < 4.78 is 22.9. The van der Waals surface area contributed by atoms with Crippen molar-refractivity contribution < 1.29 is 9.13 Å². The molecule has 0 amide bonds. The zero-order valence-corrected chi connectivity index (χ0v) is 22.6. The number of fused-ring (bicyclic) bond motifs is 1. The van der Waals surface area contributed by atoms with Crippen molar-refractivity contribution in [3.63, 3.8) is 0 Å². The van der Waals surface area contributed by atoms with Crippen molar-refractivity contribution in [1.82, 2.24) is 24.5 Å². The standard InChI is InChI=1S/C29H25ClFN7O/c1-16(2)38-18(4)34-28-24(31)11-19(12-26(28)38)25-10-17(3)33-29(37-25)36-20-8-9-27(23(30)13-20)39-15-22-7-5-6-21(14-32)35-22/h5-13,16H,15H2,1-4H3,(H,33,36,37). The van der Waals surface area contributed by atoms with Crippen LogP contribution >= 0.6 is 11.6 Å². The van der Waals surface area contributed by atoms with E-state index in [0.29, 0.717) is 50.6 Å². The van der Waals surface area contributed by atoms with Crippen LogP contribution in [0, 0.1) is 31.0 Å². The fourth-order valence-corrected chi connectivity index (χ4v) is 4.67. The van der Waals surface area contributed by atoms with E-state index in [1.54, 1.807) is 36.4 Å². The molecule has 196 valence electrons. The highest BCUT2D eigenvalue weighted by Gasteiger charge is 2.17. The van der Waals surface area contributed by atoms with Gasteiger partial charge in [-0.2, -0.15) is 5.26 Å². The number of benzene rings is 2. The summed E-state index contributed by atoms with van der Waals surface area (Å²) in [5.74, 6) is 1.18. The minimum atomic E-state index is -0.396. The molecule has 0 saturated heterocycles. The molecule has 0 atom stereocenters. The Balaban J connectivity index is 1.39. The van der Waals surface area contributed by atoms with Crippen molar-refractivity contribution >= 4 is 34.3 Å². The summed E-state index contributed by atoms with van der Waals surface area (Å²) in [7, 11) is 0. The van der Waals surface area contributed by atoms with Gasteiger partial charge < -0.3 is 14.6 Å². The molecule has 0 unspecified atom stereocenters. The fourth-order valence-electron chi connectivity index (χ4n) is 4.44. The maximum absolute atomic E-state index is 15.0. The lowest BCUT2D eigenvalue weighted by Gasteiger charge is -2.13. The summed E-state index contributed by atoms with van der Waals surface area (Å²) in [6.45, 7) is 7.98. The molecule has 0 radical (unpaired) electrons. The maximum Gasteiger partial charge on any atom is 0.227 e. The minimum absolute atomic E-state index is 0.129. The van der Waals surface area contributed by atoms with Crippen molar-refractivity contribution in [1.29, 1.82) is 5.26 Å². The van der Waals surface area contributed by atoms with Crippen LogP contribution in [0.25, 0.3) is 22.3 Å². The van der Waals surface area contributed by atoms with Gasteiger partial charge in [0.1, 0.15) is 35.5 Å². The summed E-state index contributed by atoms with van der Waals surface area (Å²) in [6.07, 6.45) is 0. The van der Waals surface area contributed by atoms with Crippen molar-refractivity contribution in [2.24, 2.45) is 0 Å². The van der Waals surface area contributed by atoms with Crippen LogP contribution in [0.4, 0.5) is 16.0 Å². The first-order valence-corrected chi connectivity index (χ1v) is 12.7. The molecular weight excluding hydrogens is 517 g/mol. The van der Waals surface area contributed by atoms with Crippen LogP contribution in [0.2, 0.25) is 5.02 Å². The number of nitrogens with zero attached hydrogens (tertiary/aromatic N) is 6. The van der Waals surface area contributed by atoms with Gasteiger partial charge >= 0.3 is 0 Å². The van der Waals surface area contributed by atoms with Gasteiger partial charge in [-0.25, -0.2) is 24.3 Å². The fraction of sp³-hybridized carbons (Fsp3) is 0.207. The Morgan fingerprint density at radius 1 is 1.05 bits per heavy atom. The third-order valence-electron chi connectivity index (χ3n) is 6.08. The molecule has 0 aliphatic rings. The van der Waals surface area contributed by atoms with Gasteiger partial charge in [0, 0.05) is 23.0 Å². The van der Waals surface area contributed by atoms with Crippen molar-refractivity contribution in [3.05, 3.63) is 88.3 Å². The van der Waals surface area contributed by atoms with Gasteiger partial charge in [0.15, 0.2) is 5.82 Å². The topological polar surface area (TPSA) is 102 Å². The molecule has 3 heterocycles. The van der Waals surface area contributed by atoms with Gasteiger partial charge in [0.05, 0.1) is 21.9 Å². The van der Waals surface area contributed by atoms with Gasteiger partial charge in [-0.3, -0.25) is 0 Å². The Morgan fingerprint density at radius 2 is 1.87 bits per heavy atom.